The van der Waals surface area contributed by atoms with Gasteiger partial charge in [0.2, 0.25) is 11.9 Å². The van der Waals surface area contributed by atoms with Crippen LogP contribution >= 0.6 is 0 Å². The first kappa shape index (κ1) is 9.18. The highest BCUT2D eigenvalue weighted by Crippen LogP contribution is 2.10. The van der Waals surface area contributed by atoms with Gasteiger partial charge in [-0.05, 0) is 18.2 Å². The minimum absolute atomic E-state index is 0.193. The summed E-state index contributed by atoms with van der Waals surface area (Å²) in [4.78, 5) is 13.8. The van der Waals surface area contributed by atoms with Gasteiger partial charge in [-0.15, -0.1) is 0 Å². The molecule has 1 rings (SSSR count). The van der Waals surface area contributed by atoms with E-state index >= 15 is 0 Å². The van der Waals surface area contributed by atoms with Gasteiger partial charge in [-0.2, -0.15) is 4.39 Å². The van der Waals surface area contributed by atoms with Gasteiger partial charge in [-0.3, -0.25) is 4.79 Å². The Labute approximate surface area is 74.1 Å². The van der Waals surface area contributed by atoms with Gasteiger partial charge in [0.25, 0.3) is 0 Å². The average molecular weight is 181 g/mol. The van der Waals surface area contributed by atoms with Crippen LogP contribution in [-0.4, -0.2) is 10.9 Å². The molecule has 0 fully saturated rings. The predicted octanol–water partition coefficient (Wildman–Crippen LogP) is 0.301. The van der Waals surface area contributed by atoms with Crippen LogP contribution in [0.15, 0.2) is 18.2 Å². The zero-order chi connectivity index (χ0) is 9.84. The quantitative estimate of drug-likeness (QED) is 0.508. The second-order valence-corrected chi connectivity index (χ2v) is 2.34. The number of nitrogens with zero attached hydrogens (tertiary/aromatic N) is 1. The van der Waals surface area contributed by atoms with Crippen LogP contribution in [0.4, 0.5) is 10.1 Å². The van der Waals surface area contributed by atoms with Crippen molar-refractivity contribution in [3.05, 3.63) is 29.9 Å². The van der Waals surface area contributed by atoms with Gasteiger partial charge >= 0.3 is 0 Å². The van der Waals surface area contributed by atoms with Crippen molar-refractivity contribution in [1.29, 1.82) is 0 Å². The number of aromatic nitrogens is 1. The van der Waals surface area contributed by atoms with E-state index in [-0.39, 0.29) is 5.69 Å². The third-order valence-corrected chi connectivity index (χ3v) is 1.33. The summed E-state index contributed by atoms with van der Waals surface area (Å²) in [6, 6.07) is 2.50. The van der Waals surface area contributed by atoms with Crippen LogP contribution in [-0.2, 0) is 4.79 Å². The fourth-order valence-electron chi connectivity index (χ4n) is 0.755. The maximum Gasteiger partial charge on any atom is 0.241 e. The SMILES string of the molecule is NC(=O)C=Cc1nc(F)ccc1N. The van der Waals surface area contributed by atoms with Crippen molar-refractivity contribution < 1.29 is 9.18 Å². The van der Waals surface area contributed by atoms with Crippen molar-refractivity contribution in [2.75, 3.05) is 5.73 Å². The van der Waals surface area contributed by atoms with Crippen LogP contribution in [0.25, 0.3) is 6.08 Å². The highest BCUT2D eigenvalue weighted by atomic mass is 19.1. The number of primary amides is 1. The Morgan fingerprint density at radius 1 is 1.54 bits per heavy atom. The fraction of sp³-hybridized carbons (Fsp3) is 0. The number of hydrogen-bond donors (Lipinski definition) is 2. The molecule has 0 spiro atoms. The van der Waals surface area contributed by atoms with E-state index < -0.39 is 11.9 Å². The first-order chi connectivity index (χ1) is 6.09. The molecule has 68 valence electrons. The topological polar surface area (TPSA) is 82.0 Å². The number of pyridine rings is 1. The molecule has 0 saturated carbocycles. The number of nitrogen functional groups attached to an aromatic ring is 1. The van der Waals surface area contributed by atoms with E-state index in [0.29, 0.717) is 5.69 Å². The Kier molecular flexibility index (Phi) is 2.59. The van der Waals surface area contributed by atoms with Crippen molar-refractivity contribution in [2.45, 2.75) is 0 Å². The number of carbonyl (C=O) groups excluding carboxylic acids is 1. The second kappa shape index (κ2) is 3.66. The van der Waals surface area contributed by atoms with Crippen molar-refractivity contribution >= 4 is 17.7 Å². The molecular weight excluding hydrogens is 173 g/mol. The van der Waals surface area contributed by atoms with Gasteiger partial charge < -0.3 is 11.5 Å². The molecule has 5 heteroatoms. The number of halogens is 1. The molecular formula is C8H8FN3O. The first-order valence-electron chi connectivity index (χ1n) is 3.49. The molecule has 4 N–H and O–H groups in total. The number of hydrogen-bond acceptors (Lipinski definition) is 3. The van der Waals surface area contributed by atoms with Gasteiger partial charge in [0, 0.05) is 6.08 Å². The molecule has 0 aromatic carbocycles. The van der Waals surface area contributed by atoms with Crippen LogP contribution < -0.4 is 11.5 Å². The zero-order valence-corrected chi connectivity index (χ0v) is 6.70. The Morgan fingerprint density at radius 3 is 2.85 bits per heavy atom. The first-order valence-corrected chi connectivity index (χ1v) is 3.49. The molecule has 1 amide bonds. The lowest BCUT2D eigenvalue weighted by Gasteiger charge is -1.97. The van der Waals surface area contributed by atoms with Crippen LogP contribution in [0.2, 0.25) is 0 Å². The Morgan fingerprint density at radius 2 is 2.23 bits per heavy atom. The predicted molar refractivity (Wildman–Crippen MR) is 46.8 cm³/mol. The molecule has 0 saturated heterocycles. The molecule has 0 unspecified atom stereocenters. The summed E-state index contributed by atoms with van der Waals surface area (Å²) >= 11 is 0. The maximum atomic E-state index is 12.6. The smallest absolute Gasteiger partial charge is 0.241 e. The maximum absolute atomic E-state index is 12.6. The normalized spacial score (nSPS) is 10.5. The van der Waals surface area contributed by atoms with Crippen molar-refractivity contribution in [3.63, 3.8) is 0 Å². The number of amides is 1. The van der Waals surface area contributed by atoms with E-state index in [1.807, 2.05) is 0 Å². The number of carbonyl (C=O) groups is 1. The van der Waals surface area contributed by atoms with Crippen LogP contribution in [0.5, 0.6) is 0 Å². The number of nitrogens with two attached hydrogens (primary N) is 2. The summed E-state index contributed by atoms with van der Waals surface area (Å²) < 4.78 is 12.6. The molecule has 1 aromatic heterocycles. The summed E-state index contributed by atoms with van der Waals surface area (Å²) in [6.07, 6.45) is 2.33. The lowest BCUT2D eigenvalue weighted by molar-refractivity contribution is -0.113. The van der Waals surface area contributed by atoms with Crippen molar-refractivity contribution in [3.8, 4) is 0 Å². The summed E-state index contributed by atoms with van der Waals surface area (Å²) in [5.74, 6) is -1.29. The van der Waals surface area contributed by atoms with E-state index in [1.165, 1.54) is 12.1 Å². The van der Waals surface area contributed by atoms with E-state index in [4.69, 9.17) is 11.5 Å². The monoisotopic (exact) mass is 181 g/mol. The molecule has 0 radical (unpaired) electrons. The molecule has 0 atom stereocenters. The molecule has 4 nitrogen and oxygen atoms in total. The van der Waals surface area contributed by atoms with E-state index in [0.717, 1.165) is 12.1 Å². The van der Waals surface area contributed by atoms with E-state index in [2.05, 4.69) is 4.98 Å². The summed E-state index contributed by atoms with van der Waals surface area (Å²) in [5.41, 5.74) is 10.8. The third-order valence-electron chi connectivity index (χ3n) is 1.33. The Bertz CT molecular complexity index is 362. The summed E-state index contributed by atoms with van der Waals surface area (Å²) in [6.45, 7) is 0. The lowest BCUT2D eigenvalue weighted by Crippen LogP contribution is -2.05. The molecule has 0 aliphatic heterocycles. The summed E-state index contributed by atoms with van der Waals surface area (Å²) in [7, 11) is 0. The standard InChI is InChI=1S/C8H8FN3O/c9-7-3-1-5(10)6(12-7)2-4-8(11)13/h1-4H,10H2,(H2,11,13). The molecule has 13 heavy (non-hydrogen) atoms. The largest absolute Gasteiger partial charge is 0.397 e. The van der Waals surface area contributed by atoms with E-state index in [9.17, 15) is 9.18 Å². The lowest BCUT2D eigenvalue weighted by atomic mass is 10.3. The Balaban J connectivity index is 3.00. The van der Waals surface area contributed by atoms with Gasteiger partial charge in [-0.25, -0.2) is 4.98 Å². The number of anilines is 1. The molecule has 0 bridgehead atoms. The molecule has 0 aliphatic carbocycles. The second-order valence-electron chi connectivity index (χ2n) is 2.34. The van der Waals surface area contributed by atoms with Gasteiger partial charge in [0.15, 0.2) is 0 Å². The molecule has 0 aliphatic rings. The minimum atomic E-state index is -0.654. The highest BCUT2D eigenvalue weighted by molar-refractivity contribution is 5.90. The Hall–Kier alpha value is -1.91. The highest BCUT2D eigenvalue weighted by Gasteiger charge is 1.98. The van der Waals surface area contributed by atoms with E-state index in [1.54, 1.807) is 0 Å². The van der Waals surface area contributed by atoms with Crippen LogP contribution in [0.3, 0.4) is 0 Å². The van der Waals surface area contributed by atoms with Crippen LogP contribution in [0.1, 0.15) is 5.69 Å². The van der Waals surface area contributed by atoms with Crippen molar-refractivity contribution in [1.82, 2.24) is 4.98 Å². The number of rotatable bonds is 2. The van der Waals surface area contributed by atoms with Gasteiger partial charge in [-0.1, -0.05) is 0 Å². The molecule has 1 heterocycles. The average Bonchev–Trinajstić information content (AvgIpc) is 2.06. The van der Waals surface area contributed by atoms with Gasteiger partial charge in [0.05, 0.1) is 11.4 Å². The fourth-order valence-corrected chi connectivity index (χ4v) is 0.755. The summed E-state index contributed by atoms with van der Waals surface area (Å²) in [5, 5.41) is 0. The molecule has 1 aromatic rings. The third kappa shape index (κ3) is 2.55. The zero-order valence-electron chi connectivity index (χ0n) is 6.70. The minimum Gasteiger partial charge on any atom is -0.397 e. The van der Waals surface area contributed by atoms with Crippen LogP contribution in [0, 0.1) is 5.95 Å². The van der Waals surface area contributed by atoms with Gasteiger partial charge in [0.1, 0.15) is 0 Å². The van der Waals surface area contributed by atoms with Crippen molar-refractivity contribution in [2.24, 2.45) is 5.73 Å².